The summed E-state index contributed by atoms with van der Waals surface area (Å²) in [6.07, 6.45) is 0. The summed E-state index contributed by atoms with van der Waals surface area (Å²) in [5.41, 5.74) is 1.45. The first-order valence-electron chi connectivity index (χ1n) is 10.6. The average molecular weight is 425 g/mol. The number of hydrogen-bond acceptors (Lipinski definition) is 7. The van der Waals surface area contributed by atoms with Crippen LogP contribution in [0.5, 0.6) is 0 Å². The van der Waals surface area contributed by atoms with E-state index in [1.807, 2.05) is 36.4 Å². The van der Waals surface area contributed by atoms with E-state index in [0.29, 0.717) is 58.2 Å². The molecule has 4 rings (SSSR count). The van der Waals surface area contributed by atoms with Crippen LogP contribution >= 0.6 is 0 Å². The van der Waals surface area contributed by atoms with Crippen molar-refractivity contribution < 1.29 is 19.2 Å². The normalized spacial score (nSPS) is 20.1. The van der Waals surface area contributed by atoms with Gasteiger partial charge in [0.15, 0.2) is 5.78 Å². The molecule has 0 N–H and O–H groups in total. The van der Waals surface area contributed by atoms with Gasteiger partial charge in [0.25, 0.3) is 5.69 Å². The van der Waals surface area contributed by atoms with E-state index in [4.69, 9.17) is 9.47 Å². The van der Waals surface area contributed by atoms with E-state index >= 15 is 0 Å². The summed E-state index contributed by atoms with van der Waals surface area (Å²) in [6, 6.07) is 15.2. The Morgan fingerprint density at radius 3 is 2.10 bits per heavy atom. The molecule has 8 nitrogen and oxygen atoms in total. The van der Waals surface area contributed by atoms with Gasteiger partial charge in [0.1, 0.15) is 0 Å². The number of carbonyl (C=O) groups excluding carboxylic acids is 1. The molecule has 2 fully saturated rings. The first kappa shape index (κ1) is 21.6. The Balaban J connectivity index is 1.79. The number of nitrogens with zero attached hydrogens (tertiary/aromatic N) is 3. The van der Waals surface area contributed by atoms with E-state index < -0.39 is 6.04 Å². The maximum atomic E-state index is 13.8. The van der Waals surface area contributed by atoms with Crippen molar-refractivity contribution >= 4 is 11.5 Å². The number of Topliss-reactive ketones (excluding diaryl/α,β-unsaturated/α-hetero) is 1. The maximum absolute atomic E-state index is 13.8. The summed E-state index contributed by atoms with van der Waals surface area (Å²) < 4.78 is 11.1. The molecule has 2 heterocycles. The first-order valence-corrected chi connectivity index (χ1v) is 10.6. The van der Waals surface area contributed by atoms with Crippen molar-refractivity contribution in [2.24, 2.45) is 0 Å². The Kier molecular flexibility index (Phi) is 7.03. The molecule has 0 bridgehead atoms. The molecular formula is C23H27N3O5. The average Bonchev–Trinajstić information content (AvgIpc) is 2.84. The Bertz CT molecular complexity index is 895. The third kappa shape index (κ3) is 4.99. The fourth-order valence-corrected chi connectivity index (χ4v) is 4.41. The standard InChI is InChI=1S/C23H27N3O5/c27-23(18-5-2-1-3-6-18)22(25-11-15-31-16-12-25)21(24-9-13-30-14-10-24)19-7-4-8-20(17-19)26(28)29/h1-8,17,21-22H,9-16H2/t21-,22+/m0/s1. The van der Waals surface area contributed by atoms with Crippen molar-refractivity contribution in [1.82, 2.24) is 9.80 Å². The highest BCUT2D eigenvalue weighted by Gasteiger charge is 2.40. The fraction of sp³-hybridized carbons (Fsp3) is 0.435. The Labute approximate surface area is 181 Å². The number of nitro benzene ring substituents is 1. The summed E-state index contributed by atoms with van der Waals surface area (Å²) >= 11 is 0. The minimum absolute atomic E-state index is 0.0190. The molecule has 0 radical (unpaired) electrons. The van der Waals surface area contributed by atoms with E-state index in [1.54, 1.807) is 12.1 Å². The van der Waals surface area contributed by atoms with E-state index in [0.717, 1.165) is 5.56 Å². The van der Waals surface area contributed by atoms with Crippen LogP contribution in [0.25, 0.3) is 0 Å². The van der Waals surface area contributed by atoms with Crippen molar-refractivity contribution in [2.45, 2.75) is 12.1 Å². The van der Waals surface area contributed by atoms with E-state index in [2.05, 4.69) is 9.80 Å². The Morgan fingerprint density at radius 2 is 1.48 bits per heavy atom. The molecule has 8 heteroatoms. The van der Waals surface area contributed by atoms with Crippen LogP contribution in [0.4, 0.5) is 5.69 Å². The van der Waals surface area contributed by atoms with Crippen molar-refractivity contribution in [3.8, 4) is 0 Å². The van der Waals surface area contributed by atoms with E-state index in [9.17, 15) is 14.9 Å². The second-order valence-electron chi connectivity index (χ2n) is 7.77. The molecule has 2 aromatic rings. The van der Waals surface area contributed by atoms with Crippen LogP contribution in [0.3, 0.4) is 0 Å². The molecule has 0 spiro atoms. The van der Waals surface area contributed by atoms with Gasteiger partial charge in [-0.05, 0) is 5.56 Å². The van der Waals surface area contributed by atoms with Gasteiger partial charge < -0.3 is 9.47 Å². The number of benzene rings is 2. The molecule has 0 aromatic heterocycles. The quantitative estimate of drug-likeness (QED) is 0.383. The molecule has 2 atom stereocenters. The summed E-state index contributed by atoms with van der Waals surface area (Å²) in [5.74, 6) is 0.0190. The van der Waals surface area contributed by atoms with Crippen molar-refractivity contribution in [3.63, 3.8) is 0 Å². The summed E-state index contributed by atoms with van der Waals surface area (Å²) in [7, 11) is 0. The van der Waals surface area contributed by atoms with Gasteiger partial charge >= 0.3 is 0 Å². The molecule has 0 unspecified atom stereocenters. The third-order valence-electron chi connectivity index (χ3n) is 5.93. The number of hydrogen-bond donors (Lipinski definition) is 0. The number of morpholine rings is 2. The van der Waals surface area contributed by atoms with Crippen molar-refractivity contribution in [2.75, 3.05) is 52.6 Å². The highest BCUT2D eigenvalue weighted by Crippen LogP contribution is 2.33. The second kappa shape index (κ2) is 10.1. The molecule has 164 valence electrons. The number of ketones is 1. The number of carbonyl (C=O) groups is 1. The predicted octanol–water partition coefficient (Wildman–Crippen LogP) is 2.55. The lowest BCUT2D eigenvalue weighted by molar-refractivity contribution is -0.385. The predicted molar refractivity (Wildman–Crippen MR) is 115 cm³/mol. The van der Waals surface area contributed by atoms with Crippen LogP contribution in [-0.4, -0.2) is 79.2 Å². The smallest absolute Gasteiger partial charge is 0.269 e. The molecule has 0 saturated carbocycles. The van der Waals surface area contributed by atoms with Gasteiger partial charge in [0.2, 0.25) is 0 Å². The molecule has 2 saturated heterocycles. The van der Waals surface area contributed by atoms with Gasteiger partial charge in [0.05, 0.1) is 43.4 Å². The monoisotopic (exact) mass is 425 g/mol. The molecule has 31 heavy (non-hydrogen) atoms. The lowest BCUT2D eigenvalue weighted by atomic mass is 9.89. The van der Waals surface area contributed by atoms with E-state index in [-0.39, 0.29) is 22.4 Å². The van der Waals surface area contributed by atoms with Gasteiger partial charge in [-0.2, -0.15) is 0 Å². The topological polar surface area (TPSA) is 85.1 Å². The van der Waals surface area contributed by atoms with Gasteiger partial charge in [-0.3, -0.25) is 24.7 Å². The Hall–Kier alpha value is -2.65. The number of rotatable bonds is 7. The van der Waals surface area contributed by atoms with Crippen molar-refractivity contribution in [1.29, 1.82) is 0 Å². The van der Waals surface area contributed by atoms with Crippen LogP contribution in [0.2, 0.25) is 0 Å². The van der Waals surface area contributed by atoms with Crippen LogP contribution < -0.4 is 0 Å². The summed E-state index contributed by atoms with van der Waals surface area (Å²) in [4.78, 5) is 29.3. The molecule has 2 aromatic carbocycles. The largest absolute Gasteiger partial charge is 0.379 e. The minimum atomic E-state index is -0.480. The van der Waals surface area contributed by atoms with Gasteiger partial charge in [0, 0.05) is 43.9 Å². The second-order valence-corrected chi connectivity index (χ2v) is 7.77. The zero-order valence-electron chi connectivity index (χ0n) is 17.4. The van der Waals surface area contributed by atoms with Crippen molar-refractivity contribution in [3.05, 3.63) is 75.8 Å². The van der Waals surface area contributed by atoms with Gasteiger partial charge in [-0.15, -0.1) is 0 Å². The van der Waals surface area contributed by atoms with Crippen LogP contribution in [-0.2, 0) is 9.47 Å². The Morgan fingerprint density at radius 1 is 0.871 bits per heavy atom. The fourth-order valence-electron chi connectivity index (χ4n) is 4.41. The summed E-state index contributed by atoms with van der Waals surface area (Å²) in [6.45, 7) is 4.86. The van der Waals surface area contributed by atoms with E-state index in [1.165, 1.54) is 6.07 Å². The van der Waals surface area contributed by atoms with Gasteiger partial charge in [-0.25, -0.2) is 0 Å². The molecule has 2 aliphatic rings. The molecule has 0 aliphatic carbocycles. The number of ether oxygens (including phenoxy) is 2. The highest BCUT2D eigenvalue weighted by atomic mass is 16.6. The maximum Gasteiger partial charge on any atom is 0.269 e. The first-order chi connectivity index (χ1) is 15.1. The molecule has 0 amide bonds. The zero-order valence-corrected chi connectivity index (χ0v) is 17.4. The number of non-ortho nitro benzene ring substituents is 1. The summed E-state index contributed by atoms with van der Waals surface area (Å²) in [5, 5.41) is 11.5. The van der Waals surface area contributed by atoms with Crippen LogP contribution in [0.1, 0.15) is 22.0 Å². The highest BCUT2D eigenvalue weighted by molar-refractivity contribution is 6.00. The molecular weight excluding hydrogens is 398 g/mol. The molecule has 2 aliphatic heterocycles. The third-order valence-corrected chi connectivity index (χ3v) is 5.93. The SMILES string of the molecule is O=C(c1ccccc1)[C@@H]([C@H](c1cccc([N+](=O)[O-])c1)N1CCOCC1)N1CCOCC1. The lowest BCUT2D eigenvalue weighted by Gasteiger charge is -2.44. The van der Waals surface area contributed by atoms with Crippen LogP contribution in [0, 0.1) is 10.1 Å². The lowest BCUT2D eigenvalue weighted by Crippen LogP contribution is -2.55. The zero-order chi connectivity index (χ0) is 21.6. The minimum Gasteiger partial charge on any atom is -0.379 e. The van der Waals surface area contributed by atoms with Gasteiger partial charge in [-0.1, -0.05) is 42.5 Å². The van der Waals surface area contributed by atoms with Crippen LogP contribution in [0.15, 0.2) is 54.6 Å². The number of nitro groups is 1.